The Bertz CT molecular complexity index is 405. The highest BCUT2D eigenvalue weighted by atomic mass is 16.5. The molecule has 3 N–H and O–H groups in total. The van der Waals surface area contributed by atoms with Crippen LogP contribution < -0.4 is 5.73 Å². The second-order valence-electron chi connectivity index (χ2n) is 7.38. The van der Waals surface area contributed by atoms with Gasteiger partial charge in [-0.25, -0.2) is 0 Å². The number of amides is 1. The Hall–Kier alpha value is -0.650. The van der Waals surface area contributed by atoms with Crippen LogP contribution in [-0.2, 0) is 9.53 Å². The van der Waals surface area contributed by atoms with Crippen molar-refractivity contribution in [3.05, 3.63) is 0 Å². The van der Waals surface area contributed by atoms with E-state index in [0.29, 0.717) is 6.61 Å². The van der Waals surface area contributed by atoms with Crippen LogP contribution in [0.15, 0.2) is 0 Å². The second kappa shape index (κ2) is 6.46. The molecule has 0 aromatic carbocycles. The van der Waals surface area contributed by atoms with Crippen LogP contribution in [0.2, 0.25) is 0 Å². The molecule has 1 amide bonds. The zero-order chi connectivity index (χ0) is 15.7. The van der Waals surface area contributed by atoms with E-state index in [9.17, 15) is 9.90 Å². The van der Waals surface area contributed by atoms with Crippen LogP contribution in [-0.4, -0.2) is 53.9 Å². The molecule has 126 valence electrons. The molecule has 4 atom stereocenters. The molecule has 1 saturated heterocycles. The predicted molar refractivity (Wildman–Crippen MR) is 84.2 cm³/mol. The van der Waals surface area contributed by atoms with Crippen LogP contribution in [0.4, 0.5) is 0 Å². The number of nitrogens with two attached hydrogens (primary N) is 1. The summed E-state index contributed by atoms with van der Waals surface area (Å²) in [6.45, 7) is 4.21. The molecule has 0 aromatic rings. The molecule has 4 unspecified atom stereocenters. The lowest BCUT2D eigenvalue weighted by molar-refractivity contribution is -0.210. The first-order valence-electron chi connectivity index (χ1n) is 8.91. The molecule has 1 heterocycles. The van der Waals surface area contributed by atoms with E-state index >= 15 is 0 Å². The van der Waals surface area contributed by atoms with Gasteiger partial charge in [-0.3, -0.25) is 4.79 Å². The third-order valence-corrected chi connectivity index (χ3v) is 6.18. The first kappa shape index (κ1) is 16.2. The fourth-order valence-corrected chi connectivity index (χ4v) is 4.67. The van der Waals surface area contributed by atoms with Gasteiger partial charge in [-0.05, 0) is 39.0 Å². The number of hydrogen-bond acceptors (Lipinski definition) is 4. The number of ether oxygens (including phenoxy) is 1. The normalized spacial score (nSPS) is 37.9. The van der Waals surface area contributed by atoms with E-state index in [2.05, 4.69) is 0 Å². The zero-order valence-electron chi connectivity index (χ0n) is 13.7. The molecule has 1 aliphatic heterocycles. The van der Waals surface area contributed by atoms with Gasteiger partial charge in [0.25, 0.3) is 0 Å². The Kier molecular flexibility index (Phi) is 4.76. The number of carbonyl (C=O) groups is 1. The molecule has 1 spiro atoms. The Morgan fingerprint density at radius 1 is 1.32 bits per heavy atom. The van der Waals surface area contributed by atoms with Crippen molar-refractivity contribution in [3.63, 3.8) is 0 Å². The second-order valence-corrected chi connectivity index (χ2v) is 7.38. The highest BCUT2D eigenvalue weighted by Crippen LogP contribution is 2.51. The molecule has 2 aliphatic carbocycles. The van der Waals surface area contributed by atoms with Gasteiger partial charge in [0.15, 0.2) is 0 Å². The number of likely N-dealkylation sites (tertiary alicyclic amines) is 1. The van der Waals surface area contributed by atoms with Crippen molar-refractivity contribution in [2.24, 2.45) is 17.1 Å². The van der Waals surface area contributed by atoms with Crippen LogP contribution in [0.1, 0.15) is 51.9 Å². The maximum atomic E-state index is 12.7. The maximum Gasteiger partial charge on any atom is 0.225 e. The summed E-state index contributed by atoms with van der Waals surface area (Å²) in [5, 5.41) is 10.2. The quantitative estimate of drug-likeness (QED) is 0.823. The van der Waals surface area contributed by atoms with Crippen molar-refractivity contribution in [3.8, 4) is 0 Å². The van der Waals surface area contributed by atoms with Crippen LogP contribution >= 0.6 is 0 Å². The predicted octanol–water partition coefficient (Wildman–Crippen LogP) is 1.28. The fourth-order valence-electron chi connectivity index (χ4n) is 4.67. The summed E-state index contributed by atoms with van der Waals surface area (Å²) >= 11 is 0. The highest BCUT2D eigenvalue weighted by Gasteiger charge is 2.56. The van der Waals surface area contributed by atoms with E-state index in [-0.39, 0.29) is 35.5 Å². The largest absolute Gasteiger partial charge is 0.392 e. The number of hydrogen-bond donors (Lipinski definition) is 2. The number of aliphatic hydroxyl groups excluding tert-OH is 1. The average Bonchev–Trinajstić information content (AvgIpc) is 2.54. The Labute approximate surface area is 133 Å². The van der Waals surface area contributed by atoms with Crippen molar-refractivity contribution in [1.29, 1.82) is 0 Å². The van der Waals surface area contributed by atoms with E-state index in [1.165, 1.54) is 0 Å². The molecular formula is C17H30N2O3. The van der Waals surface area contributed by atoms with Gasteiger partial charge in [0.2, 0.25) is 5.91 Å². The number of rotatable bonds is 3. The number of piperidine rings is 1. The summed E-state index contributed by atoms with van der Waals surface area (Å²) in [5.74, 6) is 0.401. The average molecular weight is 310 g/mol. The van der Waals surface area contributed by atoms with Gasteiger partial charge < -0.3 is 20.5 Å². The van der Waals surface area contributed by atoms with Crippen LogP contribution in [0.5, 0.6) is 0 Å². The van der Waals surface area contributed by atoms with Crippen LogP contribution in [0, 0.1) is 11.3 Å². The fraction of sp³-hybridized carbons (Fsp3) is 0.941. The van der Waals surface area contributed by atoms with E-state index in [4.69, 9.17) is 10.5 Å². The molecule has 5 nitrogen and oxygen atoms in total. The number of nitrogens with zero attached hydrogens (tertiary/aromatic N) is 1. The summed E-state index contributed by atoms with van der Waals surface area (Å²) in [5.41, 5.74) is 5.91. The molecule has 3 fully saturated rings. The van der Waals surface area contributed by atoms with Gasteiger partial charge in [-0.1, -0.05) is 6.42 Å². The standard InChI is InChI=1S/C17H30N2O3/c1-2-22-15-11-14(20)17(15)6-8-19(9-7-17)16(21)12-4-3-5-13(18)10-12/h12-15,20H,2-11,18H2,1H3. The SMILES string of the molecule is CCOC1CC(O)C12CCN(C(=O)C1CCCC(N)C1)CC2. The lowest BCUT2D eigenvalue weighted by Gasteiger charge is -2.56. The van der Waals surface area contributed by atoms with Crippen molar-refractivity contribution in [2.45, 2.75) is 70.1 Å². The van der Waals surface area contributed by atoms with Crippen molar-refractivity contribution < 1.29 is 14.6 Å². The van der Waals surface area contributed by atoms with Gasteiger partial charge in [0, 0.05) is 43.5 Å². The smallest absolute Gasteiger partial charge is 0.225 e. The van der Waals surface area contributed by atoms with Crippen LogP contribution in [0.3, 0.4) is 0 Å². The third-order valence-electron chi connectivity index (χ3n) is 6.18. The first-order valence-corrected chi connectivity index (χ1v) is 8.91. The molecule has 0 radical (unpaired) electrons. The van der Waals surface area contributed by atoms with Gasteiger partial charge in [0.05, 0.1) is 12.2 Å². The molecule has 3 aliphatic rings. The third kappa shape index (κ3) is 2.79. The van der Waals surface area contributed by atoms with Crippen molar-refractivity contribution >= 4 is 5.91 Å². The highest BCUT2D eigenvalue weighted by molar-refractivity contribution is 5.79. The molecule has 0 bridgehead atoms. The molecule has 22 heavy (non-hydrogen) atoms. The first-order chi connectivity index (χ1) is 10.6. The summed E-state index contributed by atoms with van der Waals surface area (Å²) in [6, 6.07) is 0.189. The minimum atomic E-state index is -0.260. The van der Waals surface area contributed by atoms with Gasteiger partial charge in [0.1, 0.15) is 0 Å². The van der Waals surface area contributed by atoms with Crippen molar-refractivity contribution in [2.75, 3.05) is 19.7 Å². The number of aliphatic hydroxyl groups is 1. The van der Waals surface area contributed by atoms with Crippen molar-refractivity contribution in [1.82, 2.24) is 4.90 Å². The molecule has 5 heteroatoms. The summed E-state index contributed by atoms with van der Waals surface area (Å²) in [6.07, 6.45) is 6.34. The minimum Gasteiger partial charge on any atom is -0.392 e. The summed E-state index contributed by atoms with van der Waals surface area (Å²) in [4.78, 5) is 14.7. The molecule has 0 aromatic heterocycles. The number of carbonyl (C=O) groups excluding carboxylic acids is 1. The Morgan fingerprint density at radius 3 is 2.64 bits per heavy atom. The Morgan fingerprint density at radius 2 is 2.05 bits per heavy atom. The van der Waals surface area contributed by atoms with Crippen LogP contribution in [0.25, 0.3) is 0 Å². The maximum absolute atomic E-state index is 12.7. The summed E-state index contributed by atoms with van der Waals surface area (Å²) < 4.78 is 5.79. The van der Waals surface area contributed by atoms with E-state index in [1.54, 1.807) is 0 Å². The lowest BCUT2D eigenvalue weighted by Crippen LogP contribution is -2.63. The summed E-state index contributed by atoms with van der Waals surface area (Å²) in [7, 11) is 0. The topological polar surface area (TPSA) is 75.8 Å². The van der Waals surface area contributed by atoms with Gasteiger partial charge >= 0.3 is 0 Å². The monoisotopic (exact) mass is 310 g/mol. The van der Waals surface area contributed by atoms with E-state index in [1.807, 2.05) is 11.8 Å². The van der Waals surface area contributed by atoms with Gasteiger partial charge in [-0.15, -0.1) is 0 Å². The lowest BCUT2D eigenvalue weighted by atomic mass is 9.58. The molecular weight excluding hydrogens is 280 g/mol. The van der Waals surface area contributed by atoms with Gasteiger partial charge in [-0.2, -0.15) is 0 Å². The van der Waals surface area contributed by atoms with E-state index in [0.717, 1.165) is 58.0 Å². The van der Waals surface area contributed by atoms with E-state index < -0.39 is 0 Å². The Balaban J connectivity index is 1.56. The minimum absolute atomic E-state index is 0.101. The molecule has 3 rings (SSSR count). The zero-order valence-corrected chi connectivity index (χ0v) is 13.7. The molecule has 2 saturated carbocycles.